The summed E-state index contributed by atoms with van der Waals surface area (Å²) in [5.74, 6) is 2.97. The molecule has 0 saturated carbocycles. The molecule has 0 fully saturated rings. The third kappa shape index (κ3) is 27.3. The molecule has 2 aromatic carbocycles. The average Bonchev–Trinajstić information content (AvgIpc) is 3.24. The van der Waals surface area contributed by atoms with Crippen molar-refractivity contribution in [2.24, 2.45) is 0 Å². The molecule has 326 valence electrons. The summed E-state index contributed by atoms with van der Waals surface area (Å²) in [6, 6.07) is 18.2. The van der Waals surface area contributed by atoms with E-state index in [1.54, 1.807) is 0 Å². The summed E-state index contributed by atoms with van der Waals surface area (Å²) in [4.78, 5) is 3.37. The van der Waals surface area contributed by atoms with E-state index < -0.39 is 0 Å². The van der Waals surface area contributed by atoms with E-state index >= 15 is 0 Å². The average molecular weight is 826 g/mol. The summed E-state index contributed by atoms with van der Waals surface area (Å²) < 4.78 is 0. The van der Waals surface area contributed by atoms with Gasteiger partial charge < -0.3 is 5.53 Å². The van der Waals surface area contributed by atoms with E-state index in [0.717, 1.165) is 56.9 Å². The Labute approximate surface area is 361 Å². The van der Waals surface area contributed by atoms with E-state index in [2.05, 4.69) is 101 Å². The molecule has 2 rings (SSSR count). The maximum atomic E-state index is 9.46. The Morgan fingerprint density at radius 3 is 1.42 bits per heavy atom. The molecule has 2 aromatic rings. The van der Waals surface area contributed by atoms with E-state index in [9.17, 15) is 5.53 Å². The molecule has 0 heterocycles. The van der Waals surface area contributed by atoms with Gasteiger partial charge in [0, 0.05) is 0 Å². The predicted octanol–water partition coefficient (Wildman–Crippen LogP) is 18.3. The number of benzene rings is 2. The van der Waals surface area contributed by atoms with E-state index in [4.69, 9.17) is 0 Å². The molecule has 0 radical (unpaired) electrons. The van der Waals surface area contributed by atoms with Crippen LogP contribution in [-0.4, -0.2) is 10.7 Å². The zero-order valence-electron chi connectivity index (χ0n) is 38.5. The van der Waals surface area contributed by atoms with E-state index in [-0.39, 0.29) is 0 Å². The summed E-state index contributed by atoms with van der Waals surface area (Å²) in [6.07, 6.45) is 39.6. The molecule has 0 unspecified atom stereocenters. The van der Waals surface area contributed by atoms with Crippen molar-refractivity contribution < 1.29 is 19.2 Å². The Balaban J connectivity index is 0.000000618. The van der Waals surface area contributed by atoms with Gasteiger partial charge in [-0.3, -0.25) is 0 Å². The predicted molar refractivity (Wildman–Crippen MR) is 251 cm³/mol. The van der Waals surface area contributed by atoms with Gasteiger partial charge in [-0.05, 0) is 84.8 Å². The molecular weight excluding hydrogens is 735 g/mol. The fourth-order valence-corrected chi connectivity index (χ4v) is 8.72. The Kier molecular flexibility index (Phi) is 36.4. The van der Waals surface area contributed by atoms with Gasteiger partial charge in [0.15, 0.2) is 0 Å². The zero-order chi connectivity index (χ0) is 41.4. The Morgan fingerprint density at radius 1 is 0.474 bits per heavy atom. The van der Waals surface area contributed by atoms with Crippen LogP contribution in [0.3, 0.4) is 0 Å². The minimum absolute atomic E-state index is 0.882. The van der Waals surface area contributed by atoms with Crippen molar-refractivity contribution in [1.29, 1.82) is 0 Å². The van der Waals surface area contributed by atoms with Crippen molar-refractivity contribution in [2.45, 2.75) is 245 Å². The van der Waals surface area contributed by atoms with Crippen LogP contribution in [0.4, 0.5) is 0 Å². The molecule has 0 amide bonds. The summed E-state index contributed by atoms with van der Waals surface area (Å²) in [6.45, 7) is 13.5. The van der Waals surface area contributed by atoms with Gasteiger partial charge in [0.25, 0.3) is 0 Å². The quantitative estimate of drug-likeness (QED) is 0.0166. The molecule has 2 nitrogen and oxygen atoms in total. The first-order valence-electron chi connectivity index (χ1n) is 24.4. The molecule has 0 aliphatic carbocycles. The van der Waals surface area contributed by atoms with Crippen LogP contribution in [0.5, 0.6) is 0 Å². The van der Waals surface area contributed by atoms with Gasteiger partial charge in [0.05, 0.1) is 5.57 Å². The molecule has 0 aliphatic heterocycles. The first-order valence-corrected chi connectivity index (χ1v) is 25.8. The zero-order valence-corrected chi connectivity index (χ0v) is 39.4. The van der Waals surface area contributed by atoms with Crippen molar-refractivity contribution in [3.05, 3.63) is 87.5 Å². The molecule has 0 aliphatic rings. The van der Waals surface area contributed by atoms with Gasteiger partial charge in [-0.2, -0.15) is 0 Å². The van der Waals surface area contributed by atoms with Crippen molar-refractivity contribution in [2.75, 3.05) is 0 Å². The van der Waals surface area contributed by atoms with Crippen LogP contribution in [0.15, 0.2) is 59.7 Å². The first kappa shape index (κ1) is 52.9. The van der Waals surface area contributed by atoms with Crippen molar-refractivity contribution in [3.63, 3.8) is 0 Å². The molecule has 3 heteroatoms. The standard InChI is InChI=1S/C32H44N2.2C11H23.Ni/c1-5-9-14-26-20-22-28(23-21-26)32(29-18-13-16-27(24-29)15-10-6-2)31(19-12-8-4)30(25-34-33)17-11-7-3;2*1-3-5-7-9-11-10-8-6-4-2;/h13,16,18,20-24H,5-12,14-15,17,19H2,1-4H3;2*1,3-11H2,2H3;. The second-order valence-electron chi connectivity index (χ2n) is 16.5. The number of rotatable bonds is 35. The SMILES string of the molecule is CCCCC(=C=[N+]=[N-])C(CCCC)=C(c1ccc(CCCC)cc1)c1cccc(CCCC)c1.CCCCCCCCCC[CH2][Ni][CH2]CCCCCCCCCC. The van der Waals surface area contributed by atoms with Crippen LogP contribution < -0.4 is 0 Å². The second-order valence-corrected chi connectivity index (χ2v) is 18.0. The van der Waals surface area contributed by atoms with Gasteiger partial charge in [-0.1, -0.05) is 102 Å². The summed E-state index contributed by atoms with van der Waals surface area (Å²) in [7, 11) is 0. The van der Waals surface area contributed by atoms with Crippen molar-refractivity contribution in [3.8, 4) is 0 Å². The van der Waals surface area contributed by atoms with E-state index in [0.29, 0.717) is 0 Å². The monoisotopic (exact) mass is 825 g/mol. The van der Waals surface area contributed by atoms with Gasteiger partial charge in [0.2, 0.25) is 0 Å². The molecule has 57 heavy (non-hydrogen) atoms. The van der Waals surface area contributed by atoms with Crippen molar-refractivity contribution >= 4 is 11.4 Å². The number of aryl methyl sites for hydroxylation is 2. The number of hydrogen-bond donors (Lipinski definition) is 0. The van der Waals surface area contributed by atoms with Crippen LogP contribution in [0.1, 0.15) is 244 Å². The Hall–Kier alpha value is -2.17. The molecule has 0 bridgehead atoms. The maximum absolute atomic E-state index is 9.46. The summed E-state index contributed by atoms with van der Waals surface area (Å²) in [5, 5.41) is 2.86. The van der Waals surface area contributed by atoms with E-state index in [1.165, 1.54) is 185 Å². The number of allylic oxidation sites excluding steroid dienone is 2. The molecular formula is C54H90N2Ni. The number of unbranched alkanes of at least 4 members (excludes halogenated alkanes) is 20. The summed E-state index contributed by atoms with van der Waals surface area (Å²) in [5.41, 5.74) is 18.4. The number of nitrogens with zero attached hydrogens (tertiary/aromatic N) is 2. The molecule has 0 spiro atoms. The fourth-order valence-electron chi connectivity index (χ4n) is 7.48. The molecule has 0 atom stereocenters. The second kappa shape index (κ2) is 39.3. The first-order chi connectivity index (χ1) is 28.1. The third-order valence-electron chi connectivity index (χ3n) is 11.2. The third-order valence-corrected chi connectivity index (χ3v) is 12.6. The topological polar surface area (TPSA) is 36.4 Å². The molecule has 0 aromatic heterocycles. The van der Waals surface area contributed by atoms with Gasteiger partial charge >= 0.3 is 161 Å². The molecule has 0 N–H and O–H groups in total. The fraction of sp³-hybridized carbons (Fsp3) is 0.704. The van der Waals surface area contributed by atoms with Crippen LogP contribution in [-0.2, 0) is 27.3 Å². The minimum atomic E-state index is 0.882. The summed E-state index contributed by atoms with van der Waals surface area (Å²) >= 11 is 2.03. The van der Waals surface area contributed by atoms with Crippen LogP contribution in [0, 0.1) is 0 Å². The van der Waals surface area contributed by atoms with Crippen LogP contribution in [0.2, 0.25) is 10.8 Å². The van der Waals surface area contributed by atoms with Crippen LogP contribution in [0.25, 0.3) is 11.1 Å². The van der Waals surface area contributed by atoms with Gasteiger partial charge in [-0.15, -0.1) is 4.79 Å². The Bertz CT molecular complexity index is 1310. The molecule has 0 saturated heterocycles. The van der Waals surface area contributed by atoms with Gasteiger partial charge in [-0.25, -0.2) is 0 Å². The van der Waals surface area contributed by atoms with Crippen LogP contribution >= 0.6 is 0 Å². The number of hydrogen-bond acceptors (Lipinski definition) is 0. The normalized spacial score (nSPS) is 11.5. The Morgan fingerprint density at radius 2 is 0.930 bits per heavy atom. The van der Waals surface area contributed by atoms with E-state index in [1.807, 2.05) is 14.4 Å². The van der Waals surface area contributed by atoms with Crippen molar-refractivity contribution in [1.82, 2.24) is 0 Å². The van der Waals surface area contributed by atoms with Gasteiger partial charge in [0.1, 0.15) is 0 Å².